The van der Waals surface area contributed by atoms with Gasteiger partial charge < -0.3 is 4.74 Å². The molecular weight excluding hydrogens is 290 g/mol. The number of ether oxygens (including phenoxy) is 1. The van der Waals surface area contributed by atoms with Gasteiger partial charge in [0.05, 0.1) is 29.8 Å². The molecule has 5 nitrogen and oxygen atoms in total. The Morgan fingerprint density at radius 1 is 1.22 bits per heavy atom. The van der Waals surface area contributed by atoms with Crippen LogP contribution < -0.4 is 0 Å². The standard InChI is InChI=1S/C18H19N3O2/c1-4-23-18(22)15-10-12(2)19-17-16(15)13(3)20-21(17)11-14-8-6-5-7-9-14/h5-10H,4,11H2,1-3H3. The van der Waals surface area contributed by atoms with Gasteiger partial charge >= 0.3 is 5.97 Å². The van der Waals surface area contributed by atoms with E-state index >= 15 is 0 Å². The van der Waals surface area contributed by atoms with Gasteiger partial charge in [-0.25, -0.2) is 14.5 Å². The van der Waals surface area contributed by atoms with Gasteiger partial charge in [-0.2, -0.15) is 5.10 Å². The molecule has 3 aromatic rings. The molecular formula is C18H19N3O2. The second-order valence-electron chi connectivity index (χ2n) is 5.46. The lowest BCUT2D eigenvalue weighted by Gasteiger charge is -2.07. The molecule has 2 aromatic heterocycles. The molecule has 118 valence electrons. The van der Waals surface area contributed by atoms with Gasteiger partial charge in [0.15, 0.2) is 5.65 Å². The van der Waals surface area contributed by atoms with Crippen molar-refractivity contribution in [3.8, 4) is 0 Å². The zero-order chi connectivity index (χ0) is 16.4. The van der Waals surface area contributed by atoms with E-state index in [1.165, 1.54) is 0 Å². The average Bonchev–Trinajstić information content (AvgIpc) is 2.84. The molecule has 0 radical (unpaired) electrons. The highest BCUT2D eigenvalue weighted by molar-refractivity contribution is 6.03. The summed E-state index contributed by atoms with van der Waals surface area (Å²) in [4.78, 5) is 16.8. The summed E-state index contributed by atoms with van der Waals surface area (Å²) < 4.78 is 7.01. The number of carbonyl (C=O) groups excluding carboxylic acids is 1. The lowest BCUT2D eigenvalue weighted by molar-refractivity contribution is 0.0528. The van der Waals surface area contributed by atoms with Crippen molar-refractivity contribution in [3.05, 3.63) is 58.9 Å². The number of hydrogen-bond donors (Lipinski definition) is 0. The molecule has 3 rings (SSSR count). The molecule has 23 heavy (non-hydrogen) atoms. The van der Waals surface area contributed by atoms with E-state index in [1.807, 2.05) is 48.9 Å². The Kier molecular flexibility index (Phi) is 4.10. The number of esters is 1. The van der Waals surface area contributed by atoms with E-state index < -0.39 is 0 Å². The van der Waals surface area contributed by atoms with E-state index in [-0.39, 0.29) is 5.97 Å². The fourth-order valence-corrected chi connectivity index (χ4v) is 2.72. The van der Waals surface area contributed by atoms with Crippen LogP contribution in [0.25, 0.3) is 11.0 Å². The third kappa shape index (κ3) is 2.95. The number of pyridine rings is 1. The SMILES string of the molecule is CCOC(=O)c1cc(C)nc2c1c(C)nn2Cc1ccccc1. The number of hydrogen-bond acceptors (Lipinski definition) is 4. The van der Waals surface area contributed by atoms with Gasteiger partial charge in [0.2, 0.25) is 0 Å². The Hall–Kier alpha value is -2.69. The summed E-state index contributed by atoms with van der Waals surface area (Å²) in [6, 6.07) is 11.8. The monoisotopic (exact) mass is 309 g/mol. The first-order valence-electron chi connectivity index (χ1n) is 7.66. The van der Waals surface area contributed by atoms with E-state index in [9.17, 15) is 4.79 Å². The highest BCUT2D eigenvalue weighted by atomic mass is 16.5. The molecule has 0 saturated carbocycles. The van der Waals surface area contributed by atoms with Gasteiger partial charge in [0.25, 0.3) is 0 Å². The molecule has 1 aromatic carbocycles. The van der Waals surface area contributed by atoms with Crippen LogP contribution in [0.4, 0.5) is 0 Å². The highest BCUT2D eigenvalue weighted by Crippen LogP contribution is 2.23. The number of fused-ring (bicyclic) bond motifs is 1. The second kappa shape index (κ2) is 6.20. The average molecular weight is 309 g/mol. The first-order chi connectivity index (χ1) is 11.1. The predicted molar refractivity (Wildman–Crippen MR) is 88.5 cm³/mol. The lowest BCUT2D eigenvalue weighted by atomic mass is 10.1. The molecule has 0 atom stereocenters. The van der Waals surface area contributed by atoms with Crippen LogP contribution in [0.1, 0.15) is 34.2 Å². The van der Waals surface area contributed by atoms with Crippen LogP contribution in [0, 0.1) is 13.8 Å². The zero-order valence-electron chi connectivity index (χ0n) is 13.5. The first kappa shape index (κ1) is 15.2. The summed E-state index contributed by atoms with van der Waals surface area (Å²) in [7, 11) is 0. The van der Waals surface area contributed by atoms with Crippen LogP contribution in [0.2, 0.25) is 0 Å². The quantitative estimate of drug-likeness (QED) is 0.694. The molecule has 0 spiro atoms. The Morgan fingerprint density at radius 3 is 2.65 bits per heavy atom. The van der Waals surface area contributed by atoms with E-state index in [0.717, 1.165) is 28.0 Å². The van der Waals surface area contributed by atoms with Crippen molar-refractivity contribution in [1.29, 1.82) is 0 Å². The maximum absolute atomic E-state index is 12.2. The number of rotatable bonds is 4. The molecule has 0 amide bonds. The molecule has 0 aliphatic rings. The van der Waals surface area contributed by atoms with Gasteiger partial charge in [0, 0.05) is 5.69 Å². The molecule has 0 fully saturated rings. The Balaban J connectivity index is 2.13. The van der Waals surface area contributed by atoms with E-state index in [0.29, 0.717) is 18.7 Å². The molecule has 5 heteroatoms. The van der Waals surface area contributed by atoms with Crippen molar-refractivity contribution in [3.63, 3.8) is 0 Å². The van der Waals surface area contributed by atoms with Gasteiger partial charge in [-0.15, -0.1) is 0 Å². The lowest BCUT2D eigenvalue weighted by Crippen LogP contribution is -2.08. The van der Waals surface area contributed by atoms with Crippen LogP contribution in [0.15, 0.2) is 36.4 Å². The largest absolute Gasteiger partial charge is 0.462 e. The second-order valence-corrected chi connectivity index (χ2v) is 5.46. The van der Waals surface area contributed by atoms with Gasteiger partial charge in [-0.1, -0.05) is 30.3 Å². The molecule has 0 N–H and O–H groups in total. The Morgan fingerprint density at radius 2 is 1.96 bits per heavy atom. The van der Waals surface area contributed by atoms with Crippen LogP contribution >= 0.6 is 0 Å². The number of aromatic nitrogens is 3. The minimum absolute atomic E-state index is 0.328. The Labute approximate surface area is 134 Å². The van der Waals surface area contributed by atoms with Gasteiger partial charge in [-0.05, 0) is 32.4 Å². The predicted octanol–water partition coefficient (Wildman–Crippen LogP) is 3.27. The third-order valence-electron chi connectivity index (χ3n) is 3.68. The van der Waals surface area contributed by atoms with Crippen molar-refractivity contribution >= 4 is 17.0 Å². The van der Waals surface area contributed by atoms with Crippen LogP contribution in [0.5, 0.6) is 0 Å². The first-order valence-corrected chi connectivity index (χ1v) is 7.66. The summed E-state index contributed by atoms with van der Waals surface area (Å²) >= 11 is 0. The molecule has 0 saturated heterocycles. The molecule has 0 aliphatic carbocycles. The van der Waals surface area contributed by atoms with Crippen LogP contribution in [-0.2, 0) is 11.3 Å². The summed E-state index contributed by atoms with van der Waals surface area (Å²) in [5.41, 5.74) is 3.94. The molecule has 0 unspecified atom stereocenters. The highest BCUT2D eigenvalue weighted by Gasteiger charge is 2.19. The number of nitrogens with zero attached hydrogens (tertiary/aromatic N) is 3. The minimum atomic E-state index is -0.328. The fourth-order valence-electron chi connectivity index (χ4n) is 2.72. The maximum Gasteiger partial charge on any atom is 0.339 e. The Bertz CT molecular complexity index is 854. The fraction of sp³-hybridized carbons (Fsp3) is 0.278. The van der Waals surface area contributed by atoms with Crippen molar-refractivity contribution in [2.45, 2.75) is 27.3 Å². The number of aryl methyl sites for hydroxylation is 2. The number of carbonyl (C=O) groups is 1. The number of benzene rings is 1. The van der Waals surface area contributed by atoms with Crippen molar-refractivity contribution < 1.29 is 9.53 Å². The summed E-state index contributed by atoms with van der Waals surface area (Å²) in [6.45, 7) is 6.53. The molecule has 0 aliphatic heterocycles. The molecule has 0 bridgehead atoms. The van der Waals surface area contributed by atoms with E-state index in [2.05, 4.69) is 10.1 Å². The minimum Gasteiger partial charge on any atom is -0.462 e. The topological polar surface area (TPSA) is 57.0 Å². The third-order valence-corrected chi connectivity index (χ3v) is 3.68. The van der Waals surface area contributed by atoms with Crippen molar-refractivity contribution in [2.75, 3.05) is 6.61 Å². The smallest absolute Gasteiger partial charge is 0.339 e. The summed E-state index contributed by atoms with van der Waals surface area (Å²) in [5, 5.41) is 5.34. The van der Waals surface area contributed by atoms with E-state index in [4.69, 9.17) is 4.74 Å². The molecule has 2 heterocycles. The van der Waals surface area contributed by atoms with Crippen LogP contribution in [0.3, 0.4) is 0 Å². The normalized spacial score (nSPS) is 10.9. The van der Waals surface area contributed by atoms with Crippen molar-refractivity contribution in [2.24, 2.45) is 0 Å². The summed E-state index contributed by atoms with van der Waals surface area (Å²) in [5.74, 6) is -0.328. The van der Waals surface area contributed by atoms with Crippen molar-refractivity contribution in [1.82, 2.24) is 14.8 Å². The van der Waals surface area contributed by atoms with Crippen LogP contribution in [-0.4, -0.2) is 27.3 Å². The van der Waals surface area contributed by atoms with Gasteiger partial charge in [-0.3, -0.25) is 0 Å². The summed E-state index contributed by atoms with van der Waals surface area (Å²) in [6.07, 6.45) is 0. The van der Waals surface area contributed by atoms with E-state index in [1.54, 1.807) is 13.0 Å². The van der Waals surface area contributed by atoms with Gasteiger partial charge in [0.1, 0.15) is 0 Å². The maximum atomic E-state index is 12.2. The zero-order valence-corrected chi connectivity index (χ0v) is 13.5.